The summed E-state index contributed by atoms with van der Waals surface area (Å²) >= 11 is 6.13. The van der Waals surface area contributed by atoms with Gasteiger partial charge >= 0.3 is 12.3 Å². The molecular weight excluding hydrogens is 494 g/mol. The van der Waals surface area contributed by atoms with Gasteiger partial charge in [0.15, 0.2) is 5.75 Å². The average molecular weight is 520 g/mol. The molecule has 8 nitrogen and oxygen atoms in total. The van der Waals surface area contributed by atoms with Gasteiger partial charge in [0.2, 0.25) is 0 Å². The third kappa shape index (κ3) is 7.28. The molecule has 4 N–H and O–H groups in total. The van der Waals surface area contributed by atoms with Gasteiger partial charge in [0.05, 0.1) is 29.7 Å². The number of aliphatic hydroxyl groups excluding tert-OH is 1. The van der Waals surface area contributed by atoms with Gasteiger partial charge in [-0.1, -0.05) is 11.6 Å². The largest absolute Gasteiger partial charge is 0.419 e. The molecule has 0 aliphatic heterocycles. The maximum Gasteiger partial charge on any atom is 0.419 e. The number of anilines is 2. The highest BCUT2D eigenvalue weighted by Gasteiger charge is 2.37. The number of benzene rings is 2. The zero-order chi connectivity index (χ0) is 26.3. The molecular formula is C22H26ClF4N5O3. The van der Waals surface area contributed by atoms with E-state index in [0.717, 1.165) is 34.3 Å². The van der Waals surface area contributed by atoms with Crippen molar-refractivity contribution in [3.05, 3.63) is 52.3 Å². The lowest BCUT2D eigenvalue weighted by Crippen LogP contribution is -2.40. The molecule has 0 aromatic heterocycles. The molecule has 0 aliphatic rings. The third-order valence-electron chi connectivity index (χ3n) is 4.91. The van der Waals surface area contributed by atoms with Gasteiger partial charge in [-0.05, 0) is 49.9 Å². The Morgan fingerprint density at radius 3 is 2.46 bits per heavy atom. The number of hydrogen-bond acceptors (Lipinski definition) is 6. The number of carbonyl (C=O) groups excluding carboxylic acids is 1. The van der Waals surface area contributed by atoms with E-state index in [4.69, 9.17) is 21.7 Å². The van der Waals surface area contributed by atoms with E-state index in [2.05, 4.69) is 10.6 Å². The van der Waals surface area contributed by atoms with Gasteiger partial charge in [-0.25, -0.2) is 9.18 Å². The van der Waals surface area contributed by atoms with Crippen molar-refractivity contribution in [2.24, 2.45) is 0 Å². The Bertz CT molecular complexity index is 1040. The highest BCUT2D eigenvalue weighted by atomic mass is 35.5. The highest BCUT2D eigenvalue weighted by Crippen LogP contribution is 2.46. The van der Waals surface area contributed by atoms with Crippen molar-refractivity contribution in [2.75, 3.05) is 43.7 Å². The second kappa shape index (κ2) is 12.2. The molecule has 192 valence electrons. The zero-order valence-corrected chi connectivity index (χ0v) is 20.0. The summed E-state index contributed by atoms with van der Waals surface area (Å²) in [5.74, 6) is -0.805. The van der Waals surface area contributed by atoms with Gasteiger partial charge in [-0.15, -0.1) is 0 Å². The van der Waals surface area contributed by atoms with Crippen molar-refractivity contribution in [1.82, 2.24) is 10.6 Å². The second-order valence-corrected chi connectivity index (χ2v) is 7.93. The molecule has 0 radical (unpaired) electrons. The quantitative estimate of drug-likeness (QED) is 0.164. The molecule has 1 amide bonds. The van der Waals surface area contributed by atoms with Crippen molar-refractivity contribution >= 4 is 35.4 Å². The van der Waals surface area contributed by atoms with Crippen LogP contribution in [0.5, 0.6) is 5.75 Å². The topological polar surface area (TPSA) is 101 Å². The number of hydrogen-bond donors (Lipinski definition) is 4. The molecule has 2 aromatic rings. The first-order chi connectivity index (χ1) is 16.4. The van der Waals surface area contributed by atoms with Crippen LogP contribution < -0.4 is 25.2 Å². The fourth-order valence-corrected chi connectivity index (χ4v) is 3.48. The van der Waals surface area contributed by atoms with Gasteiger partial charge in [-0.3, -0.25) is 15.6 Å². The number of rotatable bonds is 10. The van der Waals surface area contributed by atoms with Gasteiger partial charge in [0, 0.05) is 25.8 Å². The van der Waals surface area contributed by atoms with E-state index in [9.17, 15) is 27.5 Å². The number of aryl methyl sites for hydroxylation is 1. The summed E-state index contributed by atoms with van der Waals surface area (Å²) < 4.78 is 59.5. The van der Waals surface area contributed by atoms with E-state index in [1.807, 2.05) is 0 Å². The van der Waals surface area contributed by atoms with Crippen LogP contribution in [0.3, 0.4) is 0 Å². The SMILES string of the molecule is CNCC(O)CNCN(C=N)c1c(Cl)c(C(F)(F)F)cc(C)c1OC(=O)N(C)c1ccc(F)cc1. The van der Waals surface area contributed by atoms with E-state index >= 15 is 0 Å². The normalized spacial score (nSPS) is 12.3. The number of nitrogens with one attached hydrogen (secondary N) is 3. The fraction of sp³-hybridized carbons (Fsp3) is 0.364. The number of carbonyl (C=O) groups is 1. The molecule has 35 heavy (non-hydrogen) atoms. The molecule has 1 atom stereocenters. The first kappa shape index (κ1) is 28.3. The molecule has 0 spiro atoms. The van der Waals surface area contributed by atoms with Crippen LogP contribution in [0, 0.1) is 18.2 Å². The molecule has 0 saturated heterocycles. The highest BCUT2D eigenvalue weighted by molar-refractivity contribution is 6.35. The summed E-state index contributed by atoms with van der Waals surface area (Å²) in [6.07, 6.45) is -5.86. The van der Waals surface area contributed by atoms with E-state index in [1.165, 1.54) is 26.1 Å². The van der Waals surface area contributed by atoms with E-state index in [0.29, 0.717) is 0 Å². The van der Waals surface area contributed by atoms with Crippen molar-refractivity contribution in [2.45, 2.75) is 19.2 Å². The molecule has 0 saturated carbocycles. The summed E-state index contributed by atoms with van der Waals surface area (Å²) in [5.41, 5.74) is -1.30. The number of alkyl halides is 3. The minimum absolute atomic E-state index is 0.0559. The van der Waals surface area contributed by atoms with Crippen LogP contribution in [0.4, 0.5) is 33.7 Å². The Hall–Kier alpha value is -2.93. The number of nitrogens with zero attached hydrogens (tertiary/aromatic N) is 2. The van der Waals surface area contributed by atoms with Crippen LogP contribution >= 0.6 is 11.6 Å². The minimum Gasteiger partial charge on any atom is -0.407 e. The molecule has 2 aromatic carbocycles. The average Bonchev–Trinajstić information content (AvgIpc) is 2.79. The minimum atomic E-state index is -4.81. The van der Waals surface area contributed by atoms with E-state index < -0.39 is 34.8 Å². The smallest absolute Gasteiger partial charge is 0.407 e. The van der Waals surface area contributed by atoms with E-state index in [1.54, 1.807) is 7.05 Å². The lowest BCUT2D eigenvalue weighted by Gasteiger charge is -2.27. The third-order valence-corrected chi connectivity index (χ3v) is 5.29. The number of aliphatic hydroxyl groups is 1. The molecule has 0 aliphatic carbocycles. The standard InChI is InChI=1S/C22H26ClF4N5O3/c1-13-8-17(22(25,26)27)18(23)19(32(11-28)12-30-10-16(33)9-29-2)20(13)35-21(34)31(3)15-6-4-14(24)5-7-15/h4-8,11,16,28-30,33H,9-10,12H2,1-3H3. The summed E-state index contributed by atoms with van der Waals surface area (Å²) in [6.45, 7) is 1.41. The summed E-state index contributed by atoms with van der Waals surface area (Å²) in [6, 6.07) is 5.67. The van der Waals surface area contributed by atoms with E-state index in [-0.39, 0.29) is 42.4 Å². The van der Waals surface area contributed by atoms with Gasteiger partial charge < -0.3 is 20.1 Å². The lowest BCUT2D eigenvalue weighted by molar-refractivity contribution is -0.137. The van der Waals surface area contributed by atoms with Crippen LogP contribution in [0.15, 0.2) is 30.3 Å². The first-order valence-corrected chi connectivity index (χ1v) is 10.7. The zero-order valence-electron chi connectivity index (χ0n) is 19.2. The predicted octanol–water partition coefficient (Wildman–Crippen LogP) is 3.98. The van der Waals surface area contributed by atoms with Crippen molar-refractivity contribution < 1.29 is 32.2 Å². The Kier molecular flexibility index (Phi) is 9.83. The predicted molar refractivity (Wildman–Crippen MR) is 126 cm³/mol. The van der Waals surface area contributed by atoms with Crippen LogP contribution in [-0.4, -0.2) is 57.5 Å². The lowest BCUT2D eigenvalue weighted by atomic mass is 10.1. The Morgan fingerprint density at radius 1 is 1.29 bits per heavy atom. The number of likely N-dealkylation sites (N-methyl/N-ethyl adjacent to an activating group) is 1. The monoisotopic (exact) mass is 519 g/mol. The molecule has 0 heterocycles. The summed E-state index contributed by atoms with van der Waals surface area (Å²) in [5, 5.41) is 22.4. The maximum atomic E-state index is 13.6. The number of ether oxygens (including phenoxy) is 1. The van der Waals surface area contributed by atoms with Gasteiger partial charge in [-0.2, -0.15) is 13.2 Å². The molecule has 2 rings (SSSR count). The van der Waals surface area contributed by atoms with Crippen LogP contribution in [0.2, 0.25) is 5.02 Å². The summed E-state index contributed by atoms with van der Waals surface area (Å²) in [4.78, 5) is 14.9. The van der Waals surface area contributed by atoms with Gasteiger partial charge in [0.1, 0.15) is 11.5 Å². The Labute approximate surface area is 204 Å². The Balaban J connectivity index is 2.45. The second-order valence-electron chi connectivity index (χ2n) is 7.56. The van der Waals surface area contributed by atoms with Gasteiger partial charge in [0.25, 0.3) is 0 Å². The van der Waals surface area contributed by atoms with Crippen LogP contribution in [0.1, 0.15) is 11.1 Å². The summed E-state index contributed by atoms with van der Waals surface area (Å²) in [7, 11) is 2.98. The Morgan fingerprint density at radius 2 is 1.91 bits per heavy atom. The molecule has 0 fully saturated rings. The van der Waals surface area contributed by atoms with Crippen molar-refractivity contribution in [1.29, 1.82) is 5.41 Å². The van der Waals surface area contributed by atoms with Crippen molar-refractivity contribution in [3.8, 4) is 5.75 Å². The fourth-order valence-electron chi connectivity index (χ4n) is 3.13. The van der Waals surface area contributed by atoms with Crippen LogP contribution in [0.25, 0.3) is 0 Å². The van der Waals surface area contributed by atoms with Crippen molar-refractivity contribution in [3.63, 3.8) is 0 Å². The number of halogens is 5. The first-order valence-electron chi connectivity index (χ1n) is 10.3. The molecule has 13 heteroatoms. The maximum absolute atomic E-state index is 13.6. The number of amides is 1. The molecule has 0 bridgehead atoms. The molecule has 1 unspecified atom stereocenters. The van der Waals surface area contributed by atoms with Crippen LogP contribution in [-0.2, 0) is 6.18 Å².